The highest BCUT2D eigenvalue weighted by atomic mass is 19.3. The van der Waals surface area contributed by atoms with Crippen LogP contribution in [-0.2, 0) is 4.74 Å². The predicted octanol–water partition coefficient (Wildman–Crippen LogP) is 3.39. The number of nitrogens with zero attached hydrogens (tertiary/aromatic N) is 3. The van der Waals surface area contributed by atoms with E-state index in [9.17, 15) is 13.6 Å². The van der Waals surface area contributed by atoms with Crippen LogP contribution >= 0.6 is 0 Å². The van der Waals surface area contributed by atoms with Crippen molar-refractivity contribution in [2.45, 2.75) is 51.9 Å². The fourth-order valence-corrected chi connectivity index (χ4v) is 4.00. The molecule has 0 atom stereocenters. The van der Waals surface area contributed by atoms with Gasteiger partial charge in [-0.3, -0.25) is 4.90 Å². The number of rotatable bonds is 4. The van der Waals surface area contributed by atoms with Crippen molar-refractivity contribution < 1.29 is 23.0 Å². The minimum Gasteiger partial charge on any atom is -0.444 e. The number of carbonyl (C=O) groups is 1. The first-order chi connectivity index (χ1) is 14.1. The Morgan fingerprint density at radius 2 is 1.73 bits per heavy atom. The summed E-state index contributed by atoms with van der Waals surface area (Å²) in [5.74, 6) is 0.0166. The molecule has 2 heterocycles. The van der Waals surface area contributed by atoms with Gasteiger partial charge in [0.25, 0.3) is 0 Å². The molecule has 0 saturated carbocycles. The number of carbonyl (C=O) groups excluding carboxylic acids is 1. The number of piperidine rings is 1. The highest BCUT2D eigenvalue weighted by Crippen LogP contribution is 2.31. The number of amides is 1. The Morgan fingerprint density at radius 1 is 1.10 bits per heavy atom. The maximum atomic E-state index is 12.6. The second-order valence-electron chi connectivity index (χ2n) is 8.82. The fraction of sp³-hybridized carbons (Fsp3) is 0.667. The first kappa shape index (κ1) is 22.4. The zero-order valence-corrected chi connectivity index (χ0v) is 17.9. The molecule has 7 nitrogen and oxygen atoms in total. The number of hydrogen-bond donors (Lipinski definition) is 1. The molecule has 30 heavy (non-hydrogen) atoms. The third-order valence-corrected chi connectivity index (χ3v) is 5.53. The molecule has 3 rings (SSSR count). The highest BCUT2D eigenvalue weighted by Gasteiger charge is 2.30. The van der Waals surface area contributed by atoms with Crippen LogP contribution in [0.2, 0.25) is 0 Å². The van der Waals surface area contributed by atoms with Crippen LogP contribution in [0.5, 0.6) is 5.75 Å². The first-order valence-corrected chi connectivity index (χ1v) is 10.4. The van der Waals surface area contributed by atoms with Crippen molar-refractivity contribution >= 4 is 17.5 Å². The van der Waals surface area contributed by atoms with Crippen molar-refractivity contribution in [3.63, 3.8) is 0 Å². The Hall–Kier alpha value is -2.29. The topological polar surface area (TPSA) is 71.3 Å². The summed E-state index contributed by atoms with van der Waals surface area (Å²) >= 11 is 0. The van der Waals surface area contributed by atoms with E-state index in [4.69, 9.17) is 10.5 Å². The number of alkyl halides is 2. The average Bonchev–Trinajstić information content (AvgIpc) is 2.68. The normalized spacial score (nSPS) is 19.3. The summed E-state index contributed by atoms with van der Waals surface area (Å²) < 4.78 is 35.1. The number of halogens is 2. The third-order valence-electron chi connectivity index (χ3n) is 5.53. The molecule has 0 bridgehead atoms. The molecule has 0 spiro atoms. The van der Waals surface area contributed by atoms with E-state index >= 15 is 0 Å². The van der Waals surface area contributed by atoms with Crippen LogP contribution in [0.15, 0.2) is 18.2 Å². The van der Waals surface area contributed by atoms with E-state index in [0.717, 1.165) is 44.7 Å². The Bertz CT molecular complexity index is 725. The molecule has 0 aliphatic carbocycles. The lowest BCUT2D eigenvalue weighted by Crippen LogP contribution is -2.55. The predicted molar refractivity (Wildman–Crippen MR) is 112 cm³/mol. The number of nitrogen functional groups attached to an aromatic ring is 1. The molecular weight excluding hydrogens is 394 g/mol. The number of hydrogen-bond acceptors (Lipinski definition) is 6. The minimum atomic E-state index is -2.90. The van der Waals surface area contributed by atoms with Crippen LogP contribution in [0.25, 0.3) is 0 Å². The van der Waals surface area contributed by atoms with Crippen LogP contribution in [-0.4, -0.2) is 73.4 Å². The van der Waals surface area contributed by atoms with Crippen LogP contribution in [0.4, 0.5) is 25.0 Å². The molecule has 1 aromatic carbocycles. The van der Waals surface area contributed by atoms with Gasteiger partial charge in [0, 0.05) is 57.1 Å². The second kappa shape index (κ2) is 9.24. The number of anilines is 2. The lowest BCUT2D eigenvalue weighted by atomic mass is 10.0. The quantitative estimate of drug-likeness (QED) is 0.745. The van der Waals surface area contributed by atoms with Gasteiger partial charge < -0.3 is 25.0 Å². The number of piperazine rings is 1. The SMILES string of the molecule is CC(C)(C)OC(=O)N1CCN(C2CCN(c3ccc(N)c(OC(F)F)c3)CC2)CC1. The summed E-state index contributed by atoms with van der Waals surface area (Å²) in [5.41, 5.74) is 6.30. The molecule has 2 aliphatic heterocycles. The van der Waals surface area contributed by atoms with E-state index in [1.807, 2.05) is 26.8 Å². The molecule has 2 fully saturated rings. The van der Waals surface area contributed by atoms with Gasteiger partial charge in [-0.2, -0.15) is 8.78 Å². The maximum Gasteiger partial charge on any atom is 0.410 e. The van der Waals surface area contributed by atoms with Crippen LogP contribution in [0.1, 0.15) is 33.6 Å². The molecule has 9 heteroatoms. The van der Waals surface area contributed by atoms with Crippen LogP contribution < -0.4 is 15.4 Å². The van der Waals surface area contributed by atoms with Gasteiger partial charge in [0.05, 0.1) is 5.69 Å². The Balaban J connectivity index is 1.49. The monoisotopic (exact) mass is 426 g/mol. The fourth-order valence-electron chi connectivity index (χ4n) is 4.00. The minimum absolute atomic E-state index is 0.0166. The van der Waals surface area contributed by atoms with E-state index < -0.39 is 12.2 Å². The van der Waals surface area contributed by atoms with Gasteiger partial charge in [-0.25, -0.2) is 4.79 Å². The summed E-state index contributed by atoms with van der Waals surface area (Å²) in [5, 5.41) is 0. The number of benzene rings is 1. The standard InChI is InChI=1S/C21H32F2N4O3/c1-21(2,3)30-20(28)27-12-10-26(11-13-27)15-6-8-25(9-7-15)16-4-5-17(24)18(14-16)29-19(22)23/h4-5,14-15,19H,6-13,24H2,1-3H3. The second-order valence-corrected chi connectivity index (χ2v) is 8.82. The van der Waals surface area contributed by atoms with Gasteiger partial charge in [-0.15, -0.1) is 0 Å². The Kier molecular flexibility index (Phi) is 6.90. The Labute approximate surface area is 176 Å². The molecule has 1 amide bonds. The summed E-state index contributed by atoms with van der Waals surface area (Å²) in [7, 11) is 0. The smallest absolute Gasteiger partial charge is 0.410 e. The molecule has 0 unspecified atom stereocenters. The largest absolute Gasteiger partial charge is 0.444 e. The first-order valence-electron chi connectivity index (χ1n) is 10.4. The van der Waals surface area contributed by atoms with E-state index in [1.54, 1.807) is 17.0 Å². The van der Waals surface area contributed by atoms with Crippen LogP contribution in [0.3, 0.4) is 0 Å². The van der Waals surface area contributed by atoms with E-state index in [1.165, 1.54) is 0 Å². The van der Waals surface area contributed by atoms with Crippen molar-refractivity contribution in [2.24, 2.45) is 0 Å². The summed E-state index contributed by atoms with van der Waals surface area (Å²) in [6.45, 7) is 7.38. The van der Waals surface area contributed by atoms with E-state index in [2.05, 4.69) is 14.5 Å². The summed E-state index contributed by atoms with van der Waals surface area (Å²) in [6.07, 6.45) is 1.70. The summed E-state index contributed by atoms with van der Waals surface area (Å²) in [6, 6.07) is 5.48. The number of nitrogens with two attached hydrogens (primary N) is 1. The molecule has 1 aromatic rings. The molecule has 0 radical (unpaired) electrons. The van der Waals surface area contributed by atoms with Gasteiger partial charge in [0.1, 0.15) is 5.60 Å². The molecule has 2 aliphatic rings. The molecule has 168 valence electrons. The van der Waals surface area contributed by atoms with E-state index in [0.29, 0.717) is 19.1 Å². The average molecular weight is 427 g/mol. The lowest BCUT2D eigenvalue weighted by molar-refractivity contribution is -0.0493. The van der Waals surface area contributed by atoms with Crippen molar-refractivity contribution in [1.82, 2.24) is 9.80 Å². The zero-order chi connectivity index (χ0) is 21.9. The van der Waals surface area contributed by atoms with Crippen molar-refractivity contribution in [1.29, 1.82) is 0 Å². The Morgan fingerprint density at radius 3 is 2.30 bits per heavy atom. The van der Waals surface area contributed by atoms with Gasteiger partial charge in [0.15, 0.2) is 5.75 Å². The van der Waals surface area contributed by atoms with Crippen LogP contribution in [0, 0.1) is 0 Å². The number of ether oxygens (including phenoxy) is 2. The zero-order valence-electron chi connectivity index (χ0n) is 17.9. The van der Waals surface area contributed by atoms with Crippen molar-refractivity contribution in [3.05, 3.63) is 18.2 Å². The molecule has 0 aromatic heterocycles. The van der Waals surface area contributed by atoms with Gasteiger partial charge in [0.2, 0.25) is 0 Å². The van der Waals surface area contributed by atoms with Crippen molar-refractivity contribution in [3.8, 4) is 5.75 Å². The molecular formula is C21H32F2N4O3. The highest BCUT2D eigenvalue weighted by molar-refractivity contribution is 5.68. The van der Waals surface area contributed by atoms with Crippen molar-refractivity contribution in [2.75, 3.05) is 49.9 Å². The summed E-state index contributed by atoms with van der Waals surface area (Å²) in [4.78, 5) is 18.6. The van der Waals surface area contributed by atoms with Gasteiger partial charge in [-0.05, 0) is 45.7 Å². The molecule has 2 saturated heterocycles. The lowest BCUT2D eigenvalue weighted by Gasteiger charge is -2.43. The van der Waals surface area contributed by atoms with E-state index in [-0.39, 0.29) is 17.5 Å². The third kappa shape index (κ3) is 5.87. The molecule has 2 N–H and O–H groups in total. The van der Waals surface area contributed by atoms with Gasteiger partial charge in [-0.1, -0.05) is 0 Å². The maximum absolute atomic E-state index is 12.6. The van der Waals surface area contributed by atoms with Gasteiger partial charge >= 0.3 is 12.7 Å².